The van der Waals surface area contributed by atoms with Gasteiger partial charge in [0.15, 0.2) is 0 Å². The second kappa shape index (κ2) is 9.55. The fourth-order valence-electron chi connectivity index (χ4n) is 2.14. The van der Waals surface area contributed by atoms with Crippen LogP contribution >= 0.6 is 23.1 Å². The van der Waals surface area contributed by atoms with Gasteiger partial charge in [0.05, 0.1) is 16.3 Å². The number of rotatable bonds is 9. The quantitative estimate of drug-likeness (QED) is 0.650. The zero-order valence-corrected chi connectivity index (χ0v) is 15.7. The highest BCUT2D eigenvalue weighted by atomic mass is 32.2. The molecule has 2 rings (SSSR count). The van der Waals surface area contributed by atoms with Crippen LogP contribution in [0.15, 0.2) is 34.5 Å². The van der Waals surface area contributed by atoms with E-state index in [9.17, 15) is 14.7 Å². The number of carbonyl (C=O) groups is 2. The molecular formula is C17H20N2O4S2. The lowest BCUT2D eigenvalue weighted by atomic mass is 10.1. The Bertz CT molecular complexity index is 733. The number of aryl methyl sites for hydroxylation is 1. The fraction of sp³-hybridized carbons (Fsp3) is 0.353. The Morgan fingerprint density at radius 1 is 1.40 bits per heavy atom. The number of nitrogens with zero attached hydrogens (tertiary/aromatic N) is 1. The average Bonchev–Trinajstić information content (AvgIpc) is 3.02. The Kier molecular flexibility index (Phi) is 7.42. The van der Waals surface area contributed by atoms with E-state index in [1.165, 1.54) is 18.9 Å². The van der Waals surface area contributed by atoms with Crippen molar-refractivity contribution in [1.82, 2.24) is 10.3 Å². The van der Waals surface area contributed by atoms with Crippen molar-refractivity contribution < 1.29 is 19.4 Å². The van der Waals surface area contributed by atoms with Gasteiger partial charge in [0, 0.05) is 36.2 Å². The molecule has 6 nitrogen and oxygen atoms in total. The number of carboxylic acid groups (broad SMARTS) is 1. The minimum Gasteiger partial charge on any atom is -0.480 e. The molecule has 25 heavy (non-hydrogen) atoms. The molecule has 1 unspecified atom stereocenters. The van der Waals surface area contributed by atoms with Crippen LogP contribution in [-0.2, 0) is 15.3 Å². The third kappa shape index (κ3) is 5.84. The molecule has 2 aromatic rings. The number of thioether (sulfide) groups is 1. The summed E-state index contributed by atoms with van der Waals surface area (Å²) in [6, 6.07) is 6.18. The molecule has 8 heteroatoms. The Hall–Kier alpha value is -1.90. The molecule has 0 bridgehead atoms. The molecule has 2 N–H and O–H groups in total. The summed E-state index contributed by atoms with van der Waals surface area (Å²) < 4.78 is 4.90. The Morgan fingerprint density at radius 3 is 2.80 bits per heavy atom. The summed E-state index contributed by atoms with van der Waals surface area (Å²) in [7, 11) is 1.49. The number of methoxy groups -OCH3 is 1. The predicted octanol–water partition coefficient (Wildman–Crippen LogP) is 2.96. The number of aliphatic carboxylic acids is 1. The number of amides is 1. The van der Waals surface area contributed by atoms with Crippen molar-refractivity contribution in [3.63, 3.8) is 0 Å². The van der Waals surface area contributed by atoms with Gasteiger partial charge in [-0.3, -0.25) is 4.79 Å². The van der Waals surface area contributed by atoms with Crippen LogP contribution in [0.3, 0.4) is 0 Å². The Morgan fingerprint density at radius 2 is 2.16 bits per heavy atom. The van der Waals surface area contributed by atoms with E-state index in [4.69, 9.17) is 4.74 Å². The van der Waals surface area contributed by atoms with E-state index >= 15 is 0 Å². The summed E-state index contributed by atoms with van der Waals surface area (Å²) >= 11 is 3.09. The Balaban J connectivity index is 2.07. The molecule has 0 fully saturated rings. The van der Waals surface area contributed by atoms with E-state index < -0.39 is 17.9 Å². The summed E-state index contributed by atoms with van der Waals surface area (Å²) in [6.07, 6.45) is 0.213. The van der Waals surface area contributed by atoms with Gasteiger partial charge in [-0.1, -0.05) is 12.1 Å². The van der Waals surface area contributed by atoms with E-state index in [-0.39, 0.29) is 13.0 Å². The van der Waals surface area contributed by atoms with Crippen molar-refractivity contribution in [3.8, 4) is 0 Å². The van der Waals surface area contributed by atoms with E-state index in [1.54, 1.807) is 23.5 Å². The SMILES string of the molecule is COCCC(NC(=O)c1ccccc1SCc1csc(C)n1)C(=O)O. The molecule has 0 saturated heterocycles. The zero-order valence-electron chi connectivity index (χ0n) is 14.0. The van der Waals surface area contributed by atoms with Crippen LogP contribution in [0.1, 0.15) is 27.5 Å². The third-order valence-corrected chi connectivity index (χ3v) is 5.32. The number of aromatic nitrogens is 1. The topological polar surface area (TPSA) is 88.5 Å². The molecule has 0 radical (unpaired) electrons. The predicted molar refractivity (Wildman–Crippen MR) is 98.2 cm³/mol. The summed E-state index contributed by atoms with van der Waals surface area (Å²) in [5, 5.41) is 14.8. The van der Waals surface area contributed by atoms with Crippen LogP contribution < -0.4 is 5.32 Å². The van der Waals surface area contributed by atoms with Crippen molar-refractivity contribution in [2.45, 2.75) is 30.0 Å². The van der Waals surface area contributed by atoms with Gasteiger partial charge >= 0.3 is 5.97 Å². The molecule has 0 aliphatic heterocycles. The second-order valence-electron chi connectivity index (χ2n) is 5.29. The maximum absolute atomic E-state index is 12.5. The minimum absolute atomic E-state index is 0.213. The smallest absolute Gasteiger partial charge is 0.326 e. The summed E-state index contributed by atoms with van der Waals surface area (Å²) in [6.45, 7) is 2.21. The molecule has 0 aliphatic rings. The zero-order chi connectivity index (χ0) is 18.2. The number of carboxylic acids is 1. The number of nitrogens with one attached hydrogen (secondary N) is 1. The first kappa shape index (κ1) is 19.4. The monoisotopic (exact) mass is 380 g/mol. The summed E-state index contributed by atoms with van der Waals surface area (Å²) in [5.41, 5.74) is 1.43. The van der Waals surface area contributed by atoms with Crippen LogP contribution in [0.25, 0.3) is 0 Å². The fourth-order valence-corrected chi connectivity index (χ4v) is 3.80. The number of carbonyl (C=O) groups excluding carboxylic acids is 1. The number of ether oxygens (including phenoxy) is 1. The summed E-state index contributed by atoms with van der Waals surface area (Å²) in [5.74, 6) is -0.824. The summed E-state index contributed by atoms with van der Waals surface area (Å²) in [4.78, 5) is 29.0. The van der Waals surface area contributed by atoms with Crippen molar-refractivity contribution >= 4 is 35.0 Å². The van der Waals surface area contributed by atoms with Gasteiger partial charge in [-0.2, -0.15) is 0 Å². The molecule has 0 aliphatic carbocycles. The molecule has 0 saturated carbocycles. The molecular weight excluding hydrogens is 360 g/mol. The van der Waals surface area contributed by atoms with Crippen LogP contribution in [0.4, 0.5) is 0 Å². The maximum atomic E-state index is 12.5. The molecule has 1 aromatic heterocycles. The lowest BCUT2D eigenvalue weighted by Crippen LogP contribution is -2.41. The highest BCUT2D eigenvalue weighted by molar-refractivity contribution is 7.98. The molecule has 1 aromatic carbocycles. The van der Waals surface area contributed by atoms with E-state index in [2.05, 4.69) is 10.3 Å². The van der Waals surface area contributed by atoms with Crippen LogP contribution in [0.2, 0.25) is 0 Å². The Labute approximate surface area is 154 Å². The molecule has 134 valence electrons. The van der Waals surface area contributed by atoms with Gasteiger partial charge in [0.25, 0.3) is 5.91 Å². The van der Waals surface area contributed by atoms with Gasteiger partial charge in [0.1, 0.15) is 6.04 Å². The molecule has 1 heterocycles. The van der Waals surface area contributed by atoms with Crippen molar-refractivity contribution in [2.75, 3.05) is 13.7 Å². The highest BCUT2D eigenvalue weighted by Crippen LogP contribution is 2.27. The number of benzene rings is 1. The normalized spacial score (nSPS) is 11.9. The average molecular weight is 380 g/mol. The van der Waals surface area contributed by atoms with Crippen LogP contribution in [0, 0.1) is 6.92 Å². The van der Waals surface area contributed by atoms with E-state index in [0.717, 1.165) is 15.6 Å². The van der Waals surface area contributed by atoms with Gasteiger partial charge < -0.3 is 15.2 Å². The van der Waals surface area contributed by atoms with Crippen LogP contribution in [0.5, 0.6) is 0 Å². The van der Waals surface area contributed by atoms with Gasteiger partial charge in [0.2, 0.25) is 0 Å². The molecule has 1 amide bonds. The van der Waals surface area contributed by atoms with Crippen molar-refractivity contribution in [2.24, 2.45) is 0 Å². The lowest BCUT2D eigenvalue weighted by Gasteiger charge is -2.15. The maximum Gasteiger partial charge on any atom is 0.326 e. The minimum atomic E-state index is -1.08. The first-order valence-electron chi connectivity index (χ1n) is 7.66. The van der Waals surface area contributed by atoms with Crippen molar-refractivity contribution in [3.05, 3.63) is 45.9 Å². The van der Waals surface area contributed by atoms with E-state index in [1.807, 2.05) is 24.4 Å². The highest BCUT2D eigenvalue weighted by Gasteiger charge is 2.21. The van der Waals surface area contributed by atoms with Gasteiger partial charge in [-0.15, -0.1) is 23.1 Å². The largest absolute Gasteiger partial charge is 0.480 e. The lowest BCUT2D eigenvalue weighted by molar-refractivity contribution is -0.139. The second-order valence-corrected chi connectivity index (χ2v) is 7.37. The molecule has 1 atom stereocenters. The standard InChI is InChI=1S/C17H20N2O4S2/c1-11-18-12(9-24-11)10-25-15-6-4-3-5-13(15)16(20)19-14(17(21)22)7-8-23-2/h3-6,9,14H,7-8,10H2,1-2H3,(H,19,20)(H,21,22). The van der Waals surface area contributed by atoms with Crippen LogP contribution in [-0.4, -0.2) is 41.7 Å². The molecule has 0 spiro atoms. The van der Waals surface area contributed by atoms with Gasteiger partial charge in [-0.25, -0.2) is 9.78 Å². The number of thiazole rings is 1. The number of hydrogen-bond acceptors (Lipinski definition) is 6. The third-order valence-electron chi connectivity index (χ3n) is 3.39. The van der Waals surface area contributed by atoms with E-state index in [0.29, 0.717) is 11.3 Å². The first-order chi connectivity index (χ1) is 12.0. The first-order valence-corrected chi connectivity index (χ1v) is 9.53. The van der Waals surface area contributed by atoms with Gasteiger partial charge in [-0.05, 0) is 19.1 Å². The van der Waals surface area contributed by atoms with Crippen molar-refractivity contribution in [1.29, 1.82) is 0 Å². The number of hydrogen-bond donors (Lipinski definition) is 2.